The molecule has 0 amide bonds. The number of oxime groups is 1. The Bertz CT molecular complexity index is 128. The molecule has 8 heavy (non-hydrogen) atoms. The van der Waals surface area contributed by atoms with Gasteiger partial charge in [0.15, 0.2) is 0 Å². The predicted molar refractivity (Wildman–Crippen MR) is 29.3 cm³/mol. The third-order valence-corrected chi connectivity index (χ3v) is 0.840. The fraction of sp³-hybridized carbons (Fsp3) is 0.400. The van der Waals surface area contributed by atoms with E-state index in [-0.39, 0.29) is 0 Å². The smallest absolute Gasteiger partial charge is 0.229 e. The number of hydrogen-bond donors (Lipinski definition) is 0. The summed E-state index contributed by atoms with van der Waals surface area (Å²) in [7, 11) is 1.57. The average molecular weight is 113 g/mol. The molecule has 1 aliphatic heterocycles. The molecule has 0 bridgehead atoms. The van der Waals surface area contributed by atoms with Crippen LogP contribution in [0.1, 0.15) is 6.42 Å². The molecule has 3 heteroatoms. The lowest BCUT2D eigenvalue weighted by molar-refractivity contribution is 0.236. The van der Waals surface area contributed by atoms with E-state index in [2.05, 4.69) is 9.99 Å². The molecular weight excluding hydrogens is 106 g/mol. The van der Waals surface area contributed by atoms with Crippen molar-refractivity contribution in [2.45, 2.75) is 6.42 Å². The summed E-state index contributed by atoms with van der Waals surface area (Å²) in [5.41, 5.74) is 0. The Morgan fingerprint density at radius 3 is 3.12 bits per heavy atom. The minimum atomic E-state index is 0.618. The molecule has 1 heterocycles. The van der Waals surface area contributed by atoms with Gasteiger partial charge in [-0.05, 0) is 11.2 Å². The second-order valence-corrected chi connectivity index (χ2v) is 1.37. The van der Waals surface area contributed by atoms with E-state index < -0.39 is 0 Å². The standard InChI is InChI=1S/C5H7NO2/c1-7-5-3-2-4-8-6-5/h2,4H,3H2,1H3. The van der Waals surface area contributed by atoms with Crippen molar-refractivity contribution in [3.05, 3.63) is 12.3 Å². The molecule has 3 nitrogen and oxygen atoms in total. The molecule has 0 atom stereocenters. The highest BCUT2D eigenvalue weighted by Gasteiger charge is 1.97. The van der Waals surface area contributed by atoms with Crippen molar-refractivity contribution in [2.24, 2.45) is 5.16 Å². The molecular formula is C5H7NO2. The third kappa shape index (κ3) is 0.992. The summed E-state index contributed by atoms with van der Waals surface area (Å²) in [5.74, 6) is 0.618. The van der Waals surface area contributed by atoms with Gasteiger partial charge in [0.05, 0.1) is 7.11 Å². The fourth-order valence-electron chi connectivity index (χ4n) is 0.439. The molecule has 1 aliphatic rings. The zero-order valence-electron chi connectivity index (χ0n) is 4.63. The van der Waals surface area contributed by atoms with Crippen molar-refractivity contribution in [1.29, 1.82) is 0 Å². The Labute approximate surface area is 47.6 Å². The minimum absolute atomic E-state index is 0.618. The van der Waals surface area contributed by atoms with Gasteiger partial charge in [0.2, 0.25) is 5.90 Å². The first kappa shape index (κ1) is 5.15. The van der Waals surface area contributed by atoms with Crippen LogP contribution in [0.3, 0.4) is 0 Å². The van der Waals surface area contributed by atoms with Gasteiger partial charge in [-0.15, -0.1) is 0 Å². The highest BCUT2D eigenvalue weighted by atomic mass is 16.6. The maximum Gasteiger partial charge on any atom is 0.229 e. The summed E-state index contributed by atoms with van der Waals surface area (Å²) in [6.45, 7) is 0. The number of rotatable bonds is 0. The lowest BCUT2D eigenvalue weighted by atomic mass is 10.4. The highest BCUT2D eigenvalue weighted by Crippen LogP contribution is 1.97. The van der Waals surface area contributed by atoms with Crippen LogP contribution in [0.25, 0.3) is 0 Å². The van der Waals surface area contributed by atoms with Gasteiger partial charge in [0.25, 0.3) is 0 Å². The second-order valence-electron chi connectivity index (χ2n) is 1.37. The quantitative estimate of drug-likeness (QED) is 0.467. The van der Waals surface area contributed by atoms with Crippen molar-refractivity contribution >= 4 is 5.90 Å². The summed E-state index contributed by atoms with van der Waals surface area (Å²) in [5, 5.41) is 3.56. The van der Waals surface area contributed by atoms with Gasteiger partial charge < -0.3 is 9.57 Å². The molecule has 0 fully saturated rings. The summed E-state index contributed by atoms with van der Waals surface area (Å²) < 4.78 is 4.76. The zero-order chi connectivity index (χ0) is 5.82. The Kier molecular flexibility index (Phi) is 1.51. The van der Waals surface area contributed by atoms with Crippen LogP contribution in [0.5, 0.6) is 0 Å². The molecule has 0 unspecified atom stereocenters. The van der Waals surface area contributed by atoms with Gasteiger partial charge >= 0.3 is 0 Å². The second kappa shape index (κ2) is 2.35. The zero-order valence-corrected chi connectivity index (χ0v) is 4.63. The topological polar surface area (TPSA) is 30.8 Å². The van der Waals surface area contributed by atoms with E-state index in [4.69, 9.17) is 4.74 Å². The van der Waals surface area contributed by atoms with Crippen molar-refractivity contribution < 1.29 is 9.57 Å². The Hall–Kier alpha value is -0.990. The van der Waals surface area contributed by atoms with Crippen LogP contribution in [-0.4, -0.2) is 13.0 Å². The van der Waals surface area contributed by atoms with Crippen LogP contribution in [0, 0.1) is 0 Å². The fourth-order valence-corrected chi connectivity index (χ4v) is 0.439. The number of ether oxygens (including phenoxy) is 1. The van der Waals surface area contributed by atoms with Gasteiger partial charge in [-0.3, -0.25) is 0 Å². The van der Waals surface area contributed by atoms with E-state index in [1.165, 1.54) is 6.26 Å². The molecule has 0 radical (unpaired) electrons. The molecule has 0 aromatic carbocycles. The SMILES string of the molecule is COC1=NOC=CC1. The maximum absolute atomic E-state index is 4.76. The van der Waals surface area contributed by atoms with Crippen LogP contribution >= 0.6 is 0 Å². The number of methoxy groups -OCH3 is 1. The van der Waals surface area contributed by atoms with Crippen LogP contribution < -0.4 is 0 Å². The lowest BCUT2D eigenvalue weighted by Gasteiger charge is -2.02. The Balaban J connectivity index is 2.43. The summed E-state index contributed by atoms with van der Waals surface area (Å²) in [4.78, 5) is 4.56. The van der Waals surface area contributed by atoms with Gasteiger partial charge in [0, 0.05) is 6.42 Å². The molecule has 0 aliphatic carbocycles. The van der Waals surface area contributed by atoms with Gasteiger partial charge in [0.1, 0.15) is 6.26 Å². The van der Waals surface area contributed by atoms with Crippen molar-refractivity contribution in [1.82, 2.24) is 0 Å². The molecule has 44 valence electrons. The molecule has 0 saturated heterocycles. The average Bonchev–Trinajstić information content (AvgIpc) is 1.90. The maximum atomic E-state index is 4.76. The van der Waals surface area contributed by atoms with Crippen molar-refractivity contribution in [2.75, 3.05) is 7.11 Å². The van der Waals surface area contributed by atoms with E-state index in [0.717, 1.165) is 6.42 Å². The summed E-state index contributed by atoms with van der Waals surface area (Å²) in [6, 6.07) is 0. The molecule has 0 saturated carbocycles. The first-order chi connectivity index (χ1) is 3.93. The van der Waals surface area contributed by atoms with Crippen LogP contribution in [-0.2, 0) is 9.57 Å². The van der Waals surface area contributed by atoms with E-state index in [0.29, 0.717) is 5.90 Å². The van der Waals surface area contributed by atoms with E-state index >= 15 is 0 Å². The van der Waals surface area contributed by atoms with Crippen LogP contribution in [0.4, 0.5) is 0 Å². The first-order valence-corrected chi connectivity index (χ1v) is 2.35. The van der Waals surface area contributed by atoms with Crippen molar-refractivity contribution in [3.8, 4) is 0 Å². The van der Waals surface area contributed by atoms with E-state index in [9.17, 15) is 0 Å². The molecule has 0 spiro atoms. The highest BCUT2D eigenvalue weighted by molar-refractivity contribution is 5.77. The molecule has 1 rings (SSSR count). The lowest BCUT2D eigenvalue weighted by Crippen LogP contribution is -2.02. The van der Waals surface area contributed by atoms with Gasteiger partial charge in [-0.2, -0.15) is 0 Å². The largest absolute Gasteiger partial charge is 0.482 e. The Morgan fingerprint density at radius 1 is 1.88 bits per heavy atom. The van der Waals surface area contributed by atoms with E-state index in [1.807, 2.05) is 6.08 Å². The number of nitrogens with zero attached hydrogens (tertiary/aromatic N) is 1. The monoisotopic (exact) mass is 113 g/mol. The predicted octanol–water partition coefficient (Wildman–Crippen LogP) is 0.880. The molecule has 0 N–H and O–H groups in total. The molecule has 0 aromatic rings. The van der Waals surface area contributed by atoms with Crippen molar-refractivity contribution in [3.63, 3.8) is 0 Å². The molecule has 0 aromatic heterocycles. The summed E-state index contributed by atoms with van der Waals surface area (Å²) >= 11 is 0. The minimum Gasteiger partial charge on any atom is -0.482 e. The van der Waals surface area contributed by atoms with Crippen LogP contribution in [0.15, 0.2) is 17.5 Å². The first-order valence-electron chi connectivity index (χ1n) is 2.35. The Morgan fingerprint density at radius 2 is 2.75 bits per heavy atom. The normalized spacial score (nSPS) is 16.9. The van der Waals surface area contributed by atoms with Gasteiger partial charge in [-0.25, -0.2) is 0 Å². The number of hydrogen-bond acceptors (Lipinski definition) is 3. The van der Waals surface area contributed by atoms with Crippen LogP contribution in [0.2, 0.25) is 0 Å². The van der Waals surface area contributed by atoms with E-state index in [1.54, 1.807) is 7.11 Å². The third-order valence-electron chi connectivity index (χ3n) is 0.840. The summed E-state index contributed by atoms with van der Waals surface area (Å²) in [6.07, 6.45) is 4.10. The van der Waals surface area contributed by atoms with Gasteiger partial charge in [-0.1, -0.05) is 0 Å².